The summed E-state index contributed by atoms with van der Waals surface area (Å²) in [5.41, 5.74) is 7.42. The van der Waals surface area contributed by atoms with E-state index in [4.69, 9.17) is 4.98 Å². The predicted molar refractivity (Wildman–Crippen MR) is 169 cm³/mol. The monoisotopic (exact) mass is 582 g/mol. The van der Waals surface area contributed by atoms with E-state index in [0.29, 0.717) is 0 Å². The largest absolute Gasteiger partial charge is 0.465 e. The van der Waals surface area contributed by atoms with E-state index in [-0.39, 0.29) is 11.8 Å². The molecule has 0 saturated heterocycles. The van der Waals surface area contributed by atoms with E-state index in [0.717, 1.165) is 94.5 Å². The summed E-state index contributed by atoms with van der Waals surface area (Å²) in [5, 5.41) is 18.8. The molecule has 2 amide bonds. The number of carbonyl (C=O) groups is 2. The van der Waals surface area contributed by atoms with Crippen LogP contribution >= 0.6 is 0 Å². The van der Waals surface area contributed by atoms with Crippen LogP contribution in [-0.2, 0) is 10.3 Å². The zero-order valence-corrected chi connectivity index (χ0v) is 23.9. The van der Waals surface area contributed by atoms with Crippen LogP contribution in [0.25, 0.3) is 39.6 Å². The molecule has 3 aromatic carbocycles. The molecule has 0 atom stereocenters. The third-order valence-corrected chi connectivity index (χ3v) is 8.96. The molecule has 1 aliphatic heterocycles. The van der Waals surface area contributed by atoms with Gasteiger partial charge < -0.3 is 21.1 Å². The Kier molecular flexibility index (Phi) is 6.01. The molecule has 2 saturated carbocycles. The average molecular weight is 583 g/mol. The lowest BCUT2D eigenvalue weighted by atomic mass is 9.71. The Hall–Kier alpha value is -5.44. The van der Waals surface area contributed by atoms with Crippen molar-refractivity contribution in [3.63, 3.8) is 0 Å². The quantitative estimate of drug-likeness (QED) is 0.163. The van der Waals surface area contributed by atoms with Gasteiger partial charge >= 0.3 is 6.09 Å². The number of rotatable bonds is 6. The third-order valence-electron chi connectivity index (χ3n) is 8.96. The SMILES string of the molecule is O=C(O)NC1(c2ccc(-c3c(-c4ccc(NC(=O)C5CC5)cc4)nc4n3-c3cccnc3Nc3ccccc3-4)cc2)CCC1. The number of hydrogen-bond acceptors (Lipinski definition) is 5. The highest BCUT2D eigenvalue weighted by atomic mass is 16.4. The normalized spacial score (nSPS) is 15.8. The Morgan fingerprint density at radius 3 is 2.36 bits per heavy atom. The van der Waals surface area contributed by atoms with Gasteiger partial charge in [-0.3, -0.25) is 9.36 Å². The molecule has 2 aliphatic carbocycles. The number of carbonyl (C=O) groups excluding carboxylic acids is 1. The number of anilines is 3. The number of carboxylic acid groups (broad SMARTS) is 1. The molecule has 5 aromatic rings. The first kappa shape index (κ1) is 26.2. The number of nitrogens with zero attached hydrogens (tertiary/aromatic N) is 3. The second-order valence-electron chi connectivity index (χ2n) is 11.8. The lowest BCUT2D eigenvalue weighted by Gasteiger charge is -2.42. The molecular weight excluding hydrogens is 552 g/mol. The van der Waals surface area contributed by atoms with Crippen molar-refractivity contribution in [2.45, 2.75) is 37.6 Å². The van der Waals surface area contributed by atoms with Gasteiger partial charge in [0.15, 0.2) is 5.82 Å². The molecule has 0 radical (unpaired) electrons. The van der Waals surface area contributed by atoms with E-state index in [9.17, 15) is 14.7 Å². The summed E-state index contributed by atoms with van der Waals surface area (Å²) < 4.78 is 2.16. The number of hydrogen-bond donors (Lipinski definition) is 4. The van der Waals surface area contributed by atoms with Gasteiger partial charge in [0.1, 0.15) is 5.82 Å². The van der Waals surface area contributed by atoms with Crippen LogP contribution in [0.4, 0.5) is 22.0 Å². The maximum Gasteiger partial charge on any atom is 0.405 e. The van der Waals surface area contributed by atoms with Crippen LogP contribution in [0, 0.1) is 5.92 Å². The second kappa shape index (κ2) is 10.1. The fourth-order valence-electron chi connectivity index (χ4n) is 6.36. The summed E-state index contributed by atoms with van der Waals surface area (Å²) in [6, 6.07) is 28.0. The van der Waals surface area contributed by atoms with Crippen molar-refractivity contribution in [3.05, 3.63) is 96.7 Å². The first-order valence-electron chi connectivity index (χ1n) is 15.0. The van der Waals surface area contributed by atoms with Crippen molar-refractivity contribution in [1.82, 2.24) is 19.9 Å². The van der Waals surface area contributed by atoms with Gasteiger partial charge in [0.25, 0.3) is 0 Å². The zero-order valence-electron chi connectivity index (χ0n) is 23.9. The van der Waals surface area contributed by atoms with Crippen molar-refractivity contribution in [2.24, 2.45) is 5.92 Å². The lowest BCUT2D eigenvalue weighted by Crippen LogP contribution is -2.50. The molecule has 9 nitrogen and oxygen atoms in total. The van der Waals surface area contributed by atoms with Gasteiger partial charge in [-0.2, -0.15) is 0 Å². The topological polar surface area (TPSA) is 121 Å². The van der Waals surface area contributed by atoms with E-state index in [1.54, 1.807) is 6.20 Å². The van der Waals surface area contributed by atoms with Gasteiger partial charge in [-0.25, -0.2) is 14.8 Å². The van der Waals surface area contributed by atoms with Crippen LogP contribution in [0.3, 0.4) is 0 Å². The van der Waals surface area contributed by atoms with Crippen molar-refractivity contribution >= 4 is 29.2 Å². The maximum atomic E-state index is 12.4. The summed E-state index contributed by atoms with van der Waals surface area (Å²) in [6.07, 6.45) is 5.19. The van der Waals surface area contributed by atoms with Crippen LogP contribution in [0.1, 0.15) is 37.7 Å². The molecule has 4 N–H and O–H groups in total. The van der Waals surface area contributed by atoms with Crippen LogP contribution in [-0.4, -0.2) is 31.6 Å². The minimum Gasteiger partial charge on any atom is -0.465 e. The number of pyridine rings is 1. The molecule has 2 fully saturated rings. The number of benzene rings is 3. The molecule has 3 heterocycles. The number of imidazole rings is 1. The van der Waals surface area contributed by atoms with Gasteiger partial charge in [0.05, 0.1) is 28.3 Å². The van der Waals surface area contributed by atoms with Gasteiger partial charge in [-0.1, -0.05) is 48.5 Å². The Morgan fingerprint density at radius 2 is 1.66 bits per heavy atom. The first-order chi connectivity index (χ1) is 21.5. The highest BCUT2D eigenvalue weighted by Crippen LogP contribution is 2.46. The van der Waals surface area contributed by atoms with Crippen LogP contribution in [0.2, 0.25) is 0 Å². The van der Waals surface area contributed by atoms with Crippen LogP contribution in [0.15, 0.2) is 91.1 Å². The third kappa shape index (κ3) is 4.40. The van der Waals surface area contributed by atoms with E-state index < -0.39 is 11.6 Å². The minimum atomic E-state index is -1.01. The number of para-hydroxylation sites is 1. The first-order valence-corrected chi connectivity index (χ1v) is 15.0. The average Bonchev–Trinajstić information content (AvgIpc) is 3.82. The van der Waals surface area contributed by atoms with Gasteiger partial charge in [-0.05, 0) is 74.1 Å². The fraction of sp³-hybridized carbons (Fsp3) is 0.200. The number of fused-ring (bicyclic) bond motifs is 5. The van der Waals surface area contributed by atoms with Crippen molar-refractivity contribution in [1.29, 1.82) is 0 Å². The number of nitrogens with one attached hydrogen (secondary N) is 3. The lowest BCUT2D eigenvalue weighted by molar-refractivity contribution is -0.117. The Bertz CT molecular complexity index is 1920. The maximum absolute atomic E-state index is 12.4. The fourth-order valence-corrected chi connectivity index (χ4v) is 6.36. The van der Waals surface area contributed by atoms with Crippen LogP contribution < -0.4 is 16.0 Å². The standard InChI is InChI=1S/C35H30N6O3/c42-33(23-8-9-23)37-25-16-12-21(13-17-25)29-30(22-10-14-24(15-11-22)35(18-4-19-35)40-34(43)44)41-28-7-3-20-36-31(28)38-27-6-2-1-5-26(27)32(41)39-29/h1-3,5-7,10-17,20,23,40H,4,8-9,18-19H2,(H,36,38)(H,37,42)(H,43,44). The Balaban J connectivity index is 1.30. The molecule has 44 heavy (non-hydrogen) atoms. The summed E-state index contributed by atoms with van der Waals surface area (Å²) in [5.74, 6) is 1.70. The molecule has 9 heteroatoms. The summed E-state index contributed by atoms with van der Waals surface area (Å²) in [4.78, 5) is 33.9. The van der Waals surface area contributed by atoms with E-state index in [1.807, 2.05) is 66.7 Å². The second-order valence-corrected chi connectivity index (χ2v) is 11.8. The van der Waals surface area contributed by atoms with Gasteiger partial charge in [0, 0.05) is 34.5 Å². The van der Waals surface area contributed by atoms with E-state index >= 15 is 0 Å². The molecule has 2 aromatic heterocycles. The Morgan fingerprint density at radius 1 is 0.909 bits per heavy atom. The Labute approximate surface area is 254 Å². The van der Waals surface area contributed by atoms with E-state index in [2.05, 4.69) is 43.7 Å². The molecule has 3 aliphatic rings. The van der Waals surface area contributed by atoms with E-state index in [1.165, 1.54) is 0 Å². The van der Waals surface area contributed by atoms with Crippen molar-refractivity contribution < 1.29 is 14.7 Å². The number of amides is 2. The molecule has 218 valence electrons. The molecular formula is C35H30N6O3. The zero-order chi connectivity index (χ0) is 29.8. The summed E-state index contributed by atoms with van der Waals surface area (Å²) in [7, 11) is 0. The molecule has 0 spiro atoms. The smallest absolute Gasteiger partial charge is 0.405 e. The van der Waals surface area contributed by atoms with Gasteiger partial charge in [-0.15, -0.1) is 0 Å². The highest BCUT2D eigenvalue weighted by Gasteiger charge is 2.40. The predicted octanol–water partition coefficient (Wildman–Crippen LogP) is 7.32. The molecule has 0 unspecified atom stereocenters. The molecule has 8 rings (SSSR count). The summed E-state index contributed by atoms with van der Waals surface area (Å²) in [6.45, 7) is 0. The number of aromatic nitrogens is 3. The van der Waals surface area contributed by atoms with Gasteiger partial charge in [0.2, 0.25) is 5.91 Å². The summed E-state index contributed by atoms with van der Waals surface area (Å²) >= 11 is 0. The minimum absolute atomic E-state index is 0.0714. The van der Waals surface area contributed by atoms with Crippen molar-refractivity contribution in [3.8, 4) is 39.6 Å². The molecule has 0 bridgehead atoms. The van der Waals surface area contributed by atoms with Crippen molar-refractivity contribution in [2.75, 3.05) is 10.6 Å². The highest BCUT2D eigenvalue weighted by molar-refractivity contribution is 5.95. The van der Waals surface area contributed by atoms with Crippen LogP contribution in [0.5, 0.6) is 0 Å².